The second-order valence-electron chi connectivity index (χ2n) is 3.87. The summed E-state index contributed by atoms with van der Waals surface area (Å²) in [7, 11) is 0. The molecule has 0 aromatic heterocycles. The molecule has 4 heteroatoms. The fourth-order valence-corrected chi connectivity index (χ4v) is 2.23. The lowest BCUT2D eigenvalue weighted by Gasteiger charge is -2.11. The van der Waals surface area contributed by atoms with Gasteiger partial charge in [0.05, 0.1) is 0 Å². The normalized spacial score (nSPS) is 10.4. The number of rotatable bonds is 4. The molecule has 2 aromatic rings. The second kappa shape index (κ2) is 6.23. The van der Waals surface area contributed by atoms with Crippen molar-refractivity contribution >= 4 is 27.5 Å². The molecule has 0 saturated carbocycles. The summed E-state index contributed by atoms with van der Waals surface area (Å²) in [6, 6.07) is 13.5. The van der Waals surface area contributed by atoms with Crippen LogP contribution >= 0.6 is 27.5 Å². The zero-order chi connectivity index (χ0) is 13.0. The minimum absolute atomic E-state index is 0.436. The molecule has 0 unspecified atom stereocenters. The first-order valence-corrected chi connectivity index (χ1v) is 6.72. The summed E-state index contributed by atoms with van der Waals surface area (Å²) in [4.78, 5) is 0. The van der Waals surface area contributed by atoms with Crippen LogP contribution in [0.15, 0.2) is 46.9 Å². The molecule has 0 radical (unpaired) electrons. The van der Waals surface area contributed by atoms with Crippen molar-refractivity contribution in [2.45, 2.75) is 13.2 Å². The molecule has 2 aromatic carbocycles. The van der Waals surface area contributed by atoms with Crippen molar-refractivity contribution in [1.29, 1.82) is 0 Å². The first kappa shape index (κ1) is 13.4. The van der Waals surface area contributed by atoms with Crippen LogP contribution in [0.4, 0.5) is 0 Å². The van der Waals surface area contributed by atoms with Gasteiger partial charge in [-0.05, 0) is 29.8 Å². The van der Waals surface area contributed by atoms with Crippen molar-refractivity contribution in [2.24, 2.45) is 5.73 Å². The minimum atomic E-state index is 0.436. The Morgan fingerprint density at radius 3 is 2.72 bits per heavy atom. The minimum Gasteiger partial charge on any atom is -0.489 e. The Kier molecular flexibility index (Phi) is 4.64. The van der Waals surface area contributed by atoms with Crippen LogP contribution in [0.5, 0.6) is 5.75 Å². The van der Waals surface area contributed by atoms with Gasteiger partial charge in [-0.3, -0.25) is 0 Å². The lowest BCUT2D eigenvalue weighted by Crippen LogP contribution is -2.02. The predicted octanol–water partition coefficient (Wildman–Crippen LogP) is 4.14. The molecule has 18 heavy (non-hydrogen) atoms. The van der Waals surface area contributed by atoms with Crippen molar-refractivity contribution in [3.05, 3.63) is 63.1 Å². The third-order valence-corrected chi connectivity index (χ3v) is 3.26. The summed E-state index contributed by atoms with van der Waals surface area (Å²) in [6.45, 7) is 0.928. The molecule has 0 spiro atoms. The highest BCUT2D eigenvalue weighted by Gasteiger charge is 2.04. The maximum Gasteiger partial charge on any atom is 0.125 e. The molecular formula is C14H13BrClNO. The van der Waals surface area contributed by atoms with Gasteiger partial charge in [-0.2, -0.15) is 0 Å². The monoisotopic (exact) mass is 325 g/mol. The lowest BCUT2D eigenvalue weighted by atomic mass is 10.2. The van der Waals surface area contributed by atoms with Gasteiger partial charge in [-0.15, -0.1) is 0 Å². The van der Waals surface area contributed by atoms with Crippen LogP contribution in [0.25, 0.3) is 0 Å². The van der Waals surface area contributed by atoms with Gasteiger partial charge in [-0.25, -0.2) is 0 Å². The smallest absolute Gasteiger partial charge is 0.125 e. The van der Waals surface area contributed by atoms with Crippen molar-refractivity contribution < 1.29 is 4.74 Å². The van der Waals surface area contributed by atoms with Crippen molar-refractivity contribution in [3.8, 4) is 5.75 Å². The maximum absolute atomic E-state index is 5.95. The standard InChI is InChI=1S/C14H13BrClNO/c15-12-3-1-2-10(6-12)9-18-14-7-13(16)5-4-11(14)8-17/h1-7H,8-9,17H2. The van der Waals surface area contributed by atoms with Crippen LogP contribution in [-0.4, -0.2) is 0 Å². The SMILES string of the molecule is NCc1ccc(Cl)cc1OCc1cccc(Br)c1. The maximum atomic E-state index is 5.95. The van der Waals surface area contributed by atoms with E-state index < -0.39 is 0 Å². The quantitative estimate of drug-likeness (QED) is 0.916. The van der Waals surface area contributed by atoms with Crippen LogP contribution in [0.3, 0.4) is 0 Å². The number of ether oxygens (including phenoxy) is 1. The van der Waals surface area contributed by atoms with Crippen LogP contribution in [0.2, 0.25) is 5.02 Å². The van der Waals surface area contributed by atoms with Crippen LogP contribution in [0.1, 0.15) is 11.1 Å². The fraction of sp³-hybridized carbons (Fsp3) is 0.143. The number of hydrogen-bond donors (Lipinski definition) is 1. The molecule has 2 rings (SSSR count). The zero-order valence-corrected chi connectivity index (χ0v) is 12.0. The van der Waals surface area contributed by atoms with Crippen molar-refractivity contribution in [3.63, 3.8) is 0 Å². The summed E-state index contributed by atoms with van der Waals surface area (Å²) >= 11 is 9.38. The lowest BCUT2D eigenvalue weighted by molar-refractivity contribution is 0.303. The van der Waals surface area contributed by atoms with E-state index in [9.17, 15) is 0 Å². The van der Waals surface area contributed by atoms with Gasteiger partial charge in [-0.1, -0.05) is 45.7 Å². The molecule has 0 saturated heterocycles. The van der Waals surface area contributed by atoms with Gasteiger partial charge in [0.15, 0.2) is 0 Å². The van der Waals surface area contributed by atoms with E-state index in [-0.39, 0.29) is 0 Å². The molecule has 0 amide bonds. The van der Waals surface area contributed by atoms with E-state index in [2.05, 4.69) is 15.9 Å². The van der Waals surface area contributed by atoms with Crippen molar-refractivity contribution in [1.82, 2.24) is 0 Å². The number of nitrogens with two attached hydrogens (primary N) is 1. The first-order chi connectivity index (χ1) is 8.69. The Hall–Kier alpha value is -1.03. The number of halogens is 2. The Bertz CT molecular complexity index is 545. The van der Waals surface area contributed by atoms with Gasteiger partial charge in [0, 0.05) is 21.6 Å². The van der Waals surface area contributed by atoms with E-state index in [0.29, 0.717) is 18.2 Å². The molecule has 0 heterocycles. The van der Waals surface area contributed by atoms with Crippen molar-refractivity contribution in [2.75, 3.05) is 0 Å². The second-order valence-corrected chi connectivity index (χ2v) is 5.23. The summed E-state index contributed by atoms with van der Waals surface area (Å²) in [6.07, 6.45) is 0. The van der Waals surface area contributed by atoms with Gasteiger partial charge in [0.2, 0.25) is 0 Å². The molecule has 2 N–H and O–H groups in total. The van der Waals surface area contributed by atoms with Gasteiger partial charge >= 0.3 is 0 Å². The van der Waals surface area contributed by atoms with E-state index >= 15 is 0 Å². The van der Waals surface area contributed by atoms with Crippen LogP contribution < -0.4 is 10.5 Å². The number of benzene rings is 2. The van der Waals surface area contributed by atoms with Gasteiger partial charge < -0.3 is 10.5 Å². The Labute approximate surface area is 120 Å². The zero-order valence-electron chi connectivity index (χ0n) is 9.70. The molecule has 0 atom stereocenters. The summed E-state index contributed by atoms with van der Waals surface area (Å²) < 4.78 is 6.80. The summed E-state index contributed by atoms with van der Waals surface area (Å²) in [5, 5.41) is 0.649. The van der Waals surface area contributed by atoms with Crippen LogP contribution in [0, 0.1) is 0 Å². The molecule has 0 fully saturated rings. The van der Waals surface area contributed by atoms with E-state index in [1.54, 1.807) is 6.07 Å². The average molecular weight is 327 g/mol. The highest BCUT2D eigenvalue weighted by Crippen LogP contribution is 2.24. The highest BCUT2D eigenvalue weighted by molar-refractivity contribution is 9.10. The Morgan fingerprint density at radius 2 is 2.00 bits per heavy atom. The third-order valence-electron chi connectivity index (χ3n) is 2.53. The van der Waals surface area contributed by atoms with Gasteiger partial charge in [0.1, 0.15) is 12.4 Å². The summed E-state index contributed by atoms with van der Waals surface area (Å²) in [5.74, 6) is 0.741. The Balaban J connectivity index is 2.12. The highest BCUT2D eigenvalue weighted by atomic mass is 79.9. The molecule has 94 valence electrons. The van der Waals surface area contributed by atoms with Gasteiger partial charge in [0.25, 0.3) is 0 Å². The molecule has 0 bridgehead atoms. The third kappa shape index (κ3) is 3.48. The molecule has 0 aliphatic rings. The Morgan fingerprint density at radius 1 is 1.17 bits per heavy atom. The topological polar surface area (TPSA) is 35.2 Å². The fourth-order valence-electron chi connectivity index (χ4n) is 1.62. The number of hydrogen-bond acceptors (Lipinski definition) is 2. The van der Waals surface area contributed by atoms with E-state index in [4.69, 9.17) is 22.1 Å². The van der Waals surface area contributed by atoms with E-state index in [1.165, 1.54) is 0 Å². The molecule has 0 aliphatic heterocycles. The molecule has 2 nitrogen and oxygen atoms in total. The largest absolute Gasteiger partial charge is 0.489 e. The molecular weight excluding hydrogens is 314 g/mol. The van der Waals surface area contributed by atoms with E-state index in [0.717, 1.165) is 21.3 Å². The predicted molar refractivity (Wildman–Crippen MR) is 77.8 cm³/mol. The van der Waals surface area contributed by atoms with E-state index in [1.807, 2.05) is 36.4 Å². The first-order valence-electron chi connectivity index (χ1n) is 5.55. The average Bonchev–Trinajstić information content (AvgIpc) is 2.37. The summed E-state index contributed by atoms with van der Waals surface area (Å²) in [5.41, 5.74) is 7.71. The molecule has 0 aliphatic carbocycles. The van der Waals surface area contributed by atoms with Crippen LogP contribution in [-0.2, 0) is 13.2 Å².